The maximum atomic E-state index is 14.8. The predicted molar refractivity (Wildman–Crippen MR) is 403 cm³/mol. The smallest absolute Gasteiger partial charge is 0.350 e. The quantitative estimate of drug-likeness (QED) is 0.0143. The summed E-state index contributed by atoms with van der Waals surface area (Å²) >= 11 is 0. The second kappa shape index (κ2) is 66.5. The number of nitrogens with one attached hydrogen (secondary N) is 3. The second-order valence-corrected chi connectivity index (χ2v) is 30.7. The van der Waals surface area contributed by atoms with Crippen LogP contribution in [0.4, 0.5) is 0 Å². The van der Waals surface area contributed by atoms with Gasteiger partial charge in [0.05, 0.1) is 38.5 Å². The first-order chi connectivity index (χ1) is 48.5. The topological polar surface area (TPSA) is 272 Å². The number of amides is 3. The van der Waals surface area contributed by atoms with Gasteiger partial charge in [0.2, 0.25) is 17.7 Å². The van der Waals surface area contributed by atoms with Crippen molar-refractivity contribution in [2.45, 2.75) is 450 Å². The average molecular weight is 1440 g/mol. The molecule has 3 amide bonds. The predicted octanol–water partition coefficient (Wildman–Crippen LogP) is 19.0. The Kier molecular flexibility index (Phi) is 63.0. The van der Waals surface area contributed by atoms with Crippen LogP contribution < -0.4 is 16.0 Å². The number of unbranched alkanes of at least 4 members (excludes halogenated alkanes) is 41. The summed E-state index contributed by atoms with van der Waals surface area (Å²) in [5, 5.41) is 19.9. The molecule has 1 aliphatic rings. The molecule has 0 aromatic heterocycles. The normalized spacial score (nSPS) is 17.1. The summed E-state index contributed by atoms with van der Waals surface area (Å²) in [7, 11) is -4.89. The minimum absolute atomic E-state index is 0.0595. The van der Waals surface area contributed by atoms with Crippen molar-refractivity contribution in [3.63, 3.8) is 0 Å². The molecule has 6 N–H and O–H groups in total. The molecule has 1 aliphatic heterocycles. The van der Waals surface area contributed by atoms with E-state index >= 15 is 0 Å². The van der Waals surface area contributed by atoms with Crippen LogP contribution in [-0.4, -0.2) is 126 Å². The highest BCUT2D eigenvalue weighted by Crippen LogP contribution is 2.37. The van der Waals surface area contributed by atoms with Crippen molar-refractivity contribution >= 4 is 43.2 Å². The van der Waals surface area contributed by atoms with E-state index in [2.05, 4.69) is 57.5 Å². The van der Waals surface area contributed by atoms with Gasteiger partial charge in [0.25, 0.3) is 0 Å². The molecule has 0 aromatic carbocycles. The highest BCUT2D eigenvalue weighted by Gasteiger charge is 2.49. The molecule has 0 spiro atoms. The van der Waals surface area contributed by atoms with E-state index in [1.54, 1.807) is 0 Å². The van der Waals surface area contributed by atoms with E-state index in [9.17, 15) is 48.2 Å². The summed E-state index contributed by atoms with van der Waals surface area (Å²) in [6, 6.07) is -2.75. The van der Waals surface area contributed by atoms with Crippen LogP contribution >= 0.6 is 7.60 Å². The number of aliphatic hydroxyl groups is 1. The minimum Gasteiger partial charge on any atom is -0.462 e. The van der Waals surface area contributed by atoms with Gasteiger partial charge in [-0.1, -0.05) is 305 Å². The van der Waals surface area contributed by atoms with Crippen LogP contribution in [0.2, 0.25) is 0 Å². The van der Waals surface area contributed by atoms with Gasteiger partial charge in [-0.3, -0.25) is 33.3 Å². The van der Waals surface area contributed by atoms with Crippen molar-refractivity contribution in [1.29, 1.82) is 0 Å². The number of ether oxygens (including phenoxy) is 6. The Morgan fingerprint density at radius 3 is 0.960 bits per heavy atom. The average Bonchev–Trinajstić information content (AvgIpc) is 0.786. The summed E-state index contributed by atoms with van der Waals surface area (Å²) in [6.45, 7) is 12.1. The zero-order chi connectivity index (χ0) is 73.4. The monoisotopic (exact) mass is 1440 g/mol. The van der Waals surface area contributed by atoms with Crippen LogP contribution in [0.25, 0.3) is 0 Å². The number of esters is 3. The van der Waals surface area contributed by atoms with Crippen molar-refractivity contribution in [2.24, 2.45) is 0 Å². The number of carbonyl (C=O) groups is 6. The molecule has 0 bridgehead atoms. The van der Waals surface area contributed by atoms with Crippen LogP contribution in [0.5, 0.6) is 0 Å². The zero-order valence-electron chi connectivity index (χ0n) is 64.6. The van der Waals surface area contributed by atoms with Gasteiger partial charge in [0, 0.05) is 25.8 Å². The molecule has 3 unspecified atom stereocenters. The number of aliphatic hydroxyl groups excluding tert-OH is 1. The molecular weight excluding hydrogens is 1290 g/mol. The molecular formula is C80H152N3O16P. The van der Waals surface area contributed by atoms with E-state index in [4.69, 9.17) is 28.4 Å². The van der Waals surface area contributed by atoms with Crippen molar-refractivity contribution in [2.75, 3.05) is 26.1 Å². The van der Waals surface area contributed by atoms with Crippen LogP contribution in [0.1, 0.15) is 401 Å². The van der Waals surface area contributed by atoms with Gasteiger partial charge in [-0.05, 0) is 57.8 Å². The Bertz CT molecular complexity index is 2030. The van der Waals surface area contributed by atoms with Crippen molar-refractivity contribution in [3.05, 3.63) is 0 Å². The molecule has 100 heavy (non-hydrogen) atoms. The van der Waals surface area contributed by atoms with E-state index in [-0.39, 0.29) is 63.6 Å². The van der Waals surface area contributed by atoms with Crippen LogP contribution in [0, 0.1) is 0 Å². The SMILES string of the molecule is CCCCCCCCCCC[C@H](CC(=O)NCCO[C@@H]1OC(CO)[C@@H](OCP(=O)(O)O)C(NC(=O)C[C@@H](CCCCCCCCCCC)OC(=O)CCCCCCCC)C1NC(=O)C[C@@H](CCCCCCCCCCC)OC(=O)CCCCCCCCC)OC(=O)CCCCCCCCC. The third kappa shape index (κ3) is 55.3. The van der Waals surface area contributed by atoms with Crippen molar-refractivity contribution in [3.8, 4) is 0 Å². The van der Waals surface area contributed by atoms with E-state index in [0.717, 1.165) is 167 Å². The molecule has 19 nitrogen and oxygen atoms in total. The molecule has 1 rings (SSSR count). The first-order valence-corrected chi connectivity index (χ1v) is 43.3. The second-order valence-electron chi connectivity index (χ2n) is 29.1. The van der Waals surface area contributed by atoms with Crippen molar-refractivity contribution in [1.82, 2.24) is 16.0 Å². The largest absolute Gasteiger partial charge is 0.462 e. The van der Waals surface area contributed by atoms with Gasteiger partial charge >= 0.3 is 25.5 Å². The Morgan fingerprint density at radius 2 is 0.660 bits per heavy atom. The lowest BCUT2D eigenvalue weighted by Gasteiger charge is -2.46. The maximum absolute atomic E-state index is 14.8. The lowest BCUT2D eigenvalue weighted by molar-refractivity contribution is -0.254. The summed E-state index contributed by atoms with van der Waals surface area (Å²) in [6.07, 6.45) is 43.5. The van der Waals surface area contributed by atoms with E-state index in [1.807, 2.05) is 0 Å². The highest BCUT2D eigenvalue weighted by atomic mass is 31.2. The molecule has 588 valence electrons. The van der Waals surface area contributed by atoms with Gasteiger partial charge in [-0.2, -0.15) is 0 Å². The van der Waals surface area contributed by atoms with Crippen molar-refractivity contribution < 1.29 is 76.6 Å². The Labute approximate surface area is 609 Å². The number of hydrogen-bond donors (Lipinski definition) is 6. The van der Waals surface area contributed by atoms with Gasteiger partial charge < -0.3 is 59.3 Å². The van der Waals surface area contributed by atoms with Gasteiger partial charge in [0.1, 0.15) is 42.9 Å². The molecule has 0 aliphatic carbocycles. The highest BCUT2D eigenvalue weighted by molar-refractivity contribution is 7.51. The Morgan fingerprint density at radius 1 is 0.380 bits per heavy atom. The van der Waals surface area contributed by atoms with Crippen LogP contribution in [-0.2, 0) is 61.8 Å². The number of carbonyl (C=O) groups excluding carboxylic acids is 6. The first-order valence-electron chi connectivity index (χ1n) is 41.5. The summed E-state index contributed by atoms with van der Waals surface area (Å²) in [5.74, 6) is -2.69. The Hall–Kier alpha value is -3.19. The van der Waals surface area contributed by atoms with E-state index in [0.29, 0.717) is 44.9 Å². The van der Waals surface area contributed by atoms with Crippen LogP contribution in [0.3, 0.4) is 0 Å². The molecule has 0 aromatic rings. The molecule has 8 atom stereocenters. The first kappa shape index (κ1) is 94.8. The fourth-order valence-electron chi connectivity index (χ4n) is 13.4. The standard InChI is InChI=1S/C80H152N3O16P/c1-7-13-19-25-31-34-39-42-48-54-67(96-74(88)58-52-46-37-28-22-16-10-4)62-71(85)81-60-61-94-80-78(83-73(87)64-69(56-50-44-41-36-33-27-21-15-9-3)98-76(90)59-53-47-38-29-23-17-11-5)77(79(70(65-84)99-80)95-66-100(91,92)93)82-72(86)63-68(55-49-43-40-35-32-26-20-14-8-2)97-75(89)57-51-45-30-24-18-12-6/h67-70,77-80,84H,7-66H2,1-6H3,(H,81,85)(H,82,86)(H,83,87)(H2,91,92,93)/t67-,68-,69-,70?,77?,78?,79-,80-/m1/s1. The molecule has 0 radical (unpaired) electrons. The molecule has 1 saturated heterocycles. The van der Waals surface area contributed by atoms with Crippen LogP contribution in [0.15, 0.2) is 0 Å². The molecule has 1 fully saturated rings. The summed E-state index contributed by atoms with van der Waals surface area (Å²) in [5.41, 5.74) is 0. The molecule has 20 heteroatoms. The van der Waals surface area contributed by atoms with Gasteiger partial charge in [-0.25, -0.2) is 0 Å². The fourth-order valence-corrected chi connectivity index (χ4v) is 13.8. The Balaban J connectivity index is 3.72. The third-order valence-corrected chi connectivity index (χ3v) is 19.9. The molecule has 0 saturated carbocycles. The lowest BCUT2D eigenvalue weighted by atomic mass is 9.92. The van der Waals surface area contributed by atoms with E-state index in [1.165, 1.54) is 109 Å². The lowest BCUT2D eigenvalue weighted by Crippen LogP contribution is -2.70. The van der Waals surface area contributed by atoms with E-state index < -0.39 is 93.2 Å². The number of hydrogen-bond acceptors (Lipinski definition) is 14. The maximum Gasteiger partial charge on any atom is 0.350 e. The van der Waals surface area contributed by atoms with Gasteiger partial charge in [-0.15, -0.1) is 0 Å². The molecule has 1 heterocycles. The van der Waals surface area contributed by atoms with Gasteiger partial charge in [0.15, 0.2) is 6.29 Å². The third-order valence-electron chi connectivity index (χ3n) is 19.4. The fraction of sp³-hybridized carbons (Fsp3) is 0.925. The minimum atomic E-state index is -4.89. The summed E-state index contributed by atoms with van der Waals surface area (Å²) < 4.78 is 49.5. The zero-order valence-corrected chi connectivity index (χ0v) is 65.5. The number of rotatable bonds is 72. The summed E-state index contributed by atoms with van der Waals surface area (Å²) in [4.78, 5) is 104.